The maximum absolute atomic E-state index is 13.1. The van der Waals surface area contributed by atoms with E-state index < -0.39 is 5.60 Å². The molecule has 6 heteroatoms. The largest absolute Gasteiger partial charge is 0.477 e. The fraction of sp³-hybridized carbons (Fsp3) is 0.474. The third-order valence-electron chi connectivity index (χ3n) is 4.59. The minimum atomic E-state index is -0.833. The Balaban J connectivity index is 1.76. The van der Waals surface area contributed by atoms with Crippen LogP contribution in [0.1, 0.15) is 42.1 Å². The van der Waals surface area contributed by atoms with E-state index in [0.29, 0.717) is 12.8 Å². The van der Waals surface area contributed by atoms with Crippen LogP contribution >= 0.6 is 11.3 Å². The molecule has 3 rings (SSSR count). The Labute approximate surface area is 152 Å². The molecular formula is C19H25N3O2S. The number of ether oxygens (including phenoxy) is 1. The molecule has 1 aliphatic rings. The maximum Gasteiger partial charge on any atom is 0.264 e. The molecule has 0 saturated carbocycles. The number of piperidine rings is 1. The Morgan fingerprint density at radius 2 is 1.96 bits per heavy atom. The van der Waals surface area contributed by atoms with Crippen molar-refractivity contribution >= 4 is 17.2 Å². The number of aryl methyl sites for hydroxylation is 2. The second-order valence-electron chi connectivity index (χ2n) is 6.65. The lowest BCUT2D eigenvalue weighted by molar-refractivity contribution is -0.140. The van der Waals surface area contributed by atoms with Gasteiger partial charge in [-0.3, -0.25) is 4.79 Å². The minimum absolute atomic E-state index is 0.0623. The van der Waals surface area contributed by atoms with Gasteiger partial charge in [-0.1, -0.05) is 17.7 Å². The maximum atomic E-state index is 13.1. The molecule has 0 aliphatic carbocycles. The quantitative estimate of drug-likeness (QED) is 0.861. The third-order valence-corrected chi connectivity index (χ3v) is 5.38. The van der Waals surface area contributed by atoms with Crippen LogP contribution in [0.15, 0.2) is 29.6 Å². The van der Waals surface area contributed by atoms with E-state index >= 15 is 0 Å². The van der Waals surface area contributed by atoms with Crippen LogP contribution in [-0.4, -0.2) is 29.6 Å². The van der Waals surface area contributed by atoms with Gasteiger partial charge in [0, 0.05) is 18.2 Å². The van der Waals surface area contributed by atoms with Crippen molar-refractivity contribution in [2.45, 2.75) is 45.3 Å². The number of rotatable bonds is 5. The van der Waals surface area contributed by atoms with Crippen LogP contribution in [0, 0.1) is 13.8 Å². The normalized spacial score (nSPS) is 17.7. The molecule has 5 nitrogen and oxygen atoms in total. The molecular weight excluding hydrogens is 334 g/mol. The Bertz CT molecular complexity index is 721. The molecule has 0 bridgehead atoms. The van der Waals surface area contributed by atoms with Crippen LogP contribution in [0.5, 0.6) is 5.75 Å². The zero-order chi connectivity index (χ0) is 17.9. The number of carbonyl (C=O) groups excluding carboxylic acids is 1. The lowest BCUT2D eigenvalue weighted by Gasteiger charge is -2.37. The predicted molar refractivity (Wildman–Crippen MR) is 100 cm³/mol. The number of hydrogen-bond acceptors (Lipinski definition) is 5. The van der Waals surface area contributed by atoms with E-state index in [1.165, 1.54) is 5.56 Å². The molecule has 1 saturated heterocycles. The van der Waals surface area contributed by atoms with Crippen molar-refractivity contribution in [1.29, 1.82) is 0 Å². The van der Waals surface area contributed by atoms with E-state index in [2.05, 4.69) is 15.6 Å². The van der Waals surface area contributed by atoms with Gasteiger partial charge in [0.1, 0.15) is 5.75 Å². The van der Waals surface area contributed by atoms with Crippen molar-refractivity contribution in [1.82, 2.24) is 15.6 Å². The lowest BCUT2D eigenvalue weighted by Crippen LogP contribution is -2.57. The number of thiazole rings is 1. The first-order valence-corrected chi connectivity index (χ1v) is 9.56. The van der Waals surface area contributed by atoms with E-state index in [-0.39, 0.29) is 11.9 Å². The van der Waals surface area contributed by atoms with Gasteiger partial charge in [-0.2, -0.15) is 0 Å². The van der Waals surface area contributed by atoms with E-state index in [0.717, 1.165) is 29.5 Å². The summed E-state index contributed by atoms with van der Waals surface area (Å²) >= 11 is 1.59. The van der Waals surface area contributed by atoms with Crippen LogP contribution < -0.4 is 15.4 Å². The zero-order valence-corrected chi connectivity index (χ0v) is 15.8. The van der Waals surface area contributed by atoms with Crippen molar-refractivity contribution < 1.29 is 9.53 Å². The monoisotopic (exact) mass is 359 g/mol. The molecule has 1 amide bonds. The smallest absolute Gasteiger partial charge is 0.264 e. The predicted octanol–water partition coefficient (Wildman–Crippen LogP) is 3.14. The number of amides is 1. The number of benzene rings is 1. The summed E-state index contributed by atoms with van der Waals surface area (Å²) in [5.41, 5.74) is 1.23. The van der Waals surface area contributed by atoms with Crippen molar-refractivity contribution in [3.05, 3.63) is 45.9 Å². The summed E-state index contributed by atoms with van der Waals surface area (Å²) in [6.07, 6.45) is 1.30. The van der Waals surface area contributed by atoms with Crippen molar-refractivity contribution in [2.75, 3.05) is 13.1 Å². The molecule has 1 aromatic heterocycles. The minimum Gasteiger partial charge on any atom is -0.477 e. The average Bonchev–Trinajstić information content (AvgIpc) is 3.04. The van der Waals surface area contributed by atoms with E-state index in [9.17, 15) is 4.79 Å². The summed E-state index contributed by atoms with van der Waals surface area (Å²) in [6, 6.07) is 7.73. The molecule has 1 fully saturated rings. The average molecular weight is 359 g/mol. The first-order chi connectivity index (χ1) is 12.0. The van der Waals surface area contributed by atoms with Gasteiger partial charge in [-0.05, 0) is 46.0 Å². The first kappa shape index (κ1) is 17.9. The van der Waals surface area contributed by atoms with Crippen LogP contribution in [-0.2, 0) is 4.79 Å². The van der Waals surface area contributed by atoms with E-state index in [1.54, 1.807) is 11.3 Å². The fourth-order valence-corrected chi connectivity index (χ4v) is 3.73. The number of nitrogens with one attached hydrogen (secondary N) is 2. The molecule has 0 radical (unpaired) electrons. The van der Waals surface area contributed by atoms with Gasteiger partial charge in [-0.15, -0.1) is 11.3 Å². The Hall–Kier alpha value is -1.92. The highest BCUT2D eigenvalue weighted by Crippen LogP contribution is 2.28. The summed E-state index contributed by atoms with van der Waals surface area (Å²) in [5, 5.41) is 9.41. The standard InChI is InChI=1S/C19H25N3O2S/c1-13-4-6-16(7-5-13)24-19(8-10-20-11-9-19)18(23)21-14(2)17-12-25-15(3)22-17/h4-7,12,14,20H,8-11H2,1-3H3,(H,21,23)/t14-/m0/s1. The lowest BCUT2D eigenvalue weighted by atomic mass is 9.90. The molecule has 1 atom stereocenters. The molecule has 2 heterocycles. The highest BCUT2D eigenvalue weighted by atomic mass is 32.1. The Morgan fingerprint density at radius 3 is 2.56 bits per heavy atom. The number of carbonyl (C=O) groups is 1. The highest BCUT2D eigenvalue weighted by molar-refractivity contribution is 7.09. The molecule has 1 aliphatic heterocycles. The summed E-state index contributed by atoms with van der Waals surface area (Å²) < 4.78 is 6.23. The van der Waals surface area contributed by atoms with Crippen LogP contribution in [0.4, 0.5) is 0 Å². The summed E-state index contributed by atoms with van der Waals surface area (Å²) in [5.74, 6) is 0.674. The van der Waals surface area contributed by atoms with Crippen molar-refractivity contribution in [3.63, 3.8) is 0 Å². The Morgan fingerprint density at radius 1 is 1.28 bits per heavy atom. The molecule has 2 aromatic rings. The zero-order valence-electron chi connectivity index (χ0n) is 15.0. The molecule has 1 aromatic carbocycles. The topological polar surface area (TPSA) is 63.2 Å². The van der Waals surface area contributed by atoms with Crippen LogP contribution in [0.2, 0.25) is 0 Å². The number of nitrogens with zero attached hydrogens (tertiary/aromatic N) is 1. The number of aromatic nitrogens is 1. The molecule has 25 heavy (non-hydrogen) atoms. The van der Waals surface area contributed by atoms with Gasteiger partial charge >= 0.3 is 0 Å². The van der Waals surface area contributed by atoms with Gasteiger partial charge in [0.2, 0.25) is 0 Å². The van der Waals surface area contributed by atoms with Gasteiger partial charge in [0.25, 0.3) is 5.91 Å². The second-order valence-corrected chi connectivity index (χ2v) is 7.71. The van der Waals surface area contributed by atoms with Crippen LogP contribution in [0.3, 0.4) is 0 Å². The summed E-state index contributed by atoms with van der Waals surface area (Å²) in [4.78, 5) is 17.6. The highest BCUT2D eigenvalue weighted by Gasteiger charge is 2.42. The van der Waals surface area contributed by atoms with E-state index in [1.807, 2.05) is 50.4 Å². The molecule has 2 N–H and O–H groups in total. The molecule has 0 spiro atoms. The fourth-order valence-electron chi connectivity index (χ4n) is 3.02. The Kier molecular flexibility index (Phi) is 5.39. The van der Waals surface area contributed by atoms with Crippen molar-refractivity contribution in [2.24, 2.45) is 0 Å². The van der Waals surface area contributed by atoms with Crippen molar-refractivity contribution in [3.8, 4) is 5.75 Å². The van der Waals surface area contributed by atoms with Gasteiger partial charge in [-0.25, -0.2) is 4.98 Å². The molecule has 134 valence electrons. The van der Waals surface area contributed by atoms with Gasteiger partial charge < -0.3 is 15.4 Å². The van der Waals surface area contributed by atoms with Crippen LogP contribution in [0.25, 0.3) is 0 Å². The van der Waals surface area contributed by atoms with E-state index in [4.69, 9.17) is 4.74 Å². The number of hydrogen-bond donors (Lipinski definition) is 2. The SMILES string of the molecule is Cc1ccc(OC2(C(=O)N[C@@H](C)c3csc(C)n3)CCNCC2)cc1. The second kappa shape index (κ2) is 7.54. The third kappa shape index (κ3) is 4.19. The van der Waals surface area contributed by atoms with Gasteiger partial charge in [0.05, 0.1) is 16.7 Å². The summed E-state index contributed by atoms with van der Waals surface area (Å²) in [7, 11) is 0. The molecule has 0 unspecified atom stereocenters. The van der Waals surface area contributed by atoms with Gasteiger partial charge in [0.15, 0.2) is 5.60 Å². The first-order valence-electron chi connectivity index (χ1n) is 8.68. The summed E-state index contributed by atoms with van der Waals surface area (Å²) in [6.45, 7) is 7.51.